The van der Waals surface area contributed by atoms with Crippen LogP contribution in [-0.2, 0) is 17.8 Å². The van der Waals surface area contributed by atoms with Gasteiger partial charge in [-0.25, -0.2) is 0 Å². The minimum absolute atomic E-state index is 0.00652. The normalized spacial score (nSPS) is 11.3. The molecule has 0 saturated carbocycles. The summed E-state index contributed by atoms with van der Waals surface area (Å²) < 4.78 is 0. The maximum Gasteiger partial charge on any atom is 0.225 e. The first-order valence-electron chi connectivity index (χ1n) is 6.05. The smallest absolute Gasteiger partial charge is 0.225 e. The molecule has 6 heteroatoms. The van der Waals surface area contributed by atoms with Crippen LogP contribution in [0.4, 0.5) is 0 Å². The molecule has 0 atom stereocenters. The number of rotatable bonds is 5. The second-order valence-electron chi connectivity index (χ2n) is 4.22. The summed E-state index contributed by atoms with van der Waals surface area (Å²) in [6.07, 6.45) is 0.403. The van der Waals surface area contributed by atoms with Crippen molar-refractivity contribution in [2.45, 2.75) is 13.0 Å². The molecule has 5 nitrogen and oxygen atoms in total. The molecule has 104 valence electrons. The highest BCUT2D eigenvalue weighted by Crippen LogP contribution is 2.09. The Bertz CT molecular complexity index is 591. The molecule has 0 unspecified atom stereocenters. The van der Waals surface area contributed by atoms with E-state index in [1.54, 1.807) is 23.5 Å². The first-order valence-corrected chi connectivity index (χ1v) is 6.93. The van der Waals surface area contributed by atoms with Gasteiger partial charge in [0.25, 0.3) is 0 Å². The summed E-state index contributed by atoms with van der Waals surface area (Å²) in [5.41, 5.74) is 7.07. The van der Waals surface area contributed by atoms with Crippen molar-refractivity contribution in [3.05, 3.63) is 57.8 Å². The highest BCUT2D eigenvalue weighted by molar-refractivity contribution is 7.10. The van der Waals surface area contributed by atoms with Crippen LogP contribution in [0.25, 0.3) is 0 Å². The second kappa shape index (κ2) is 6.72. The molecular formula is C14H15N3O2S. The number of nitrogens with zero attached hydrogens (tertiary/aromatic N) is 1. The summed E-state index contributed by atoms with van der Waals surface area (Å²) in [6.45, 7) is 0.459. The highest BCUT2D eigenvalue weighted by atomic mass is 32.1. The molecule has 4 N–H and O–H groups in total. The Morgan fingerprint density at radius 1 is 1.30 bits per heavy atom. The number of hydrogen-bond donors (Lipinski definition) is 3. The van der Waals surface area contributed by atoms with Gasteiger partial charge >= 0.3 is 0 Å². The number of oxime groups is 1. The van der Waals surface area contributed by atoms with Crippen LogP contribution >= 0.6 is 11.3 Å². The zero-order valence-electron chi connectivity index (χ0n) is 10.7. The van der Waals surface area contributed by atoms with Gasteiger partial charge in [0.15, 0.2) is 5.84 Å². The van der Waals surface area contributed by atoms with Crippen molar-refractivity contribution in [2.75, 3.05) is 0 Å². The zero-order chi connectivity index (χ0) is 14.4. The van der Waals surface area contributed by atoms with E-state index >= 15 is 0 Å². The van der Waals surface area contributed by atoms with E-state index in [9.17, 15) is 4.79 Å². The first-order chi connectivity index (χ1) is 9.69. The fourth-order valence-corrected chi connectivity index (χ4v) is 2.39. The average molecular weight is 289 g/mol. The topological polar surface area (TPSA) is 87.7 Å². The van der Waals surface area contributed by atoms with Crippen molar-refractivity contribution in [1.29, 1.82) is 0 Å². The SMILES string of the molecule is NC(=NO)c1ccc(CNC(=O)Cc2cccs2)cc1. The molecule has 0 aliphatic rings. The van der Waals surface area contributed by atoms with E-state index in [1.165, 1.54) is 0 Å². The largest absolute Gasteiger partial charge is 0.409 e. The van der Waals surface area contributed by atoms with Crippen molar-refractivity contribution >= 4 is 23.1 Å². The molecule has 0 radical (unpaired) electrons. The van der Waals surface area contributed by atoms with E-state index in [4.69, 9.17) is 10.9 Å². The van der Waals surface area contributed by atoms with Crippen molar-refractivity contribution in [3.63, 3.8) is 0 Å². The third-order valence-electron chi connectivity index (χ3n) is 2.76. The fraction of sp³-hybridized carbons (Fsp3) is 0.143. The lowest BCUT2D eigenvalue weighted by Crippen LogP contribution is -2.24. The van der Waals surface area contributed by atoms with Crippen molar-refractivity contribution in [3.8, 4) is 0 Å². The average Bonchev–Trinajstić information content (AvgIpc) is 2.97. The minimum Gasteiger partial charge on any atom is -0.409 e. The number of carbonyl (C=O) groups excluding carboxylic acids is 1. The Kier molecular flexibility index (Phi) is 4.73. The van der Waals surface area contributed by atoms with Gasteiger partial charge in [0.2, 0.25) is 5.91 Å². The maximum atomic E-state index is 11.7. The molecule has 0 aliphatic carbocycles. The van der Waals surface area contributed by atoms with E-state index in [1.807, 2.05) is 29.6 Å². The third kappa shape index (κ3) is 3.83. The Labute approximate surface area is 120 Å². The van der Waals surface area contributed by atoms with Crippen LogP contribution in [0.2, 0.25) is 0 Å². The molecule has 1 aromatic heterocycles. The molecule has 2 aromatic rings. The molecule has 0 fully saturated rings. The molecule has 2 rings (SSSR count). The van der Waals surface area contributed by atoms with Crippen LogP contribution in [0.5, 0.6) is 0 Å². The quantitative estimate of drug-likeness (QED) is 0.339. The van der Waals surface area contributed by atoms with Gasteiger partial charge in [0, 0.05) is 17.0 Å². The first kappa shape index (κ1) is 14.1. The van der Waals surface area contributed by atoms with E-state index in [0.29, 0.717) is 18.5 Å². The number of hydrogen-bond acceptors (Lipinski definition) is 4. The van der Waals surface area contributed by atoms with Crippen LogP contribution < -0.4 is 11.1 Å². The van der Waals surface area contributed by atoms with Gasteiger partial charge in [-0.05, 0) is 17.0 Å². The Morgan fingerprint density at radius 3 is 2.65 bits per heavy atom. The predicted octanol–water partition coefficient (Wildman–Crippen LogP) is 1.70. The Balaban J connectivity index is 1.86. The molecule has 1 heterocycles. The molecular weight excluding hydrogens is 274 g/mol. The molecule has 0 bridgehead atoms. The predicted molar refractivity (Wildman–Crippen MR) is 78.8 cm³/mol. The molecule has 0 saturated heterocycles. The van der Waals surface area contributed by atoms with E-state index in [2.05, 4.69) is 10.5 Å². The zero-order valence-corrected chi connectivity index (χ0v) is 11.6. The van der Waals surface area contributed by atoms with Crippen LogP contribution in [-0.4, -0.2) is 17.0 Å². The summed E-state index contributed by atoms with van der Waals surface area (Å²) in [7, 11) is 0. The standard InChI is InChI=1S/C14H15N3O2S/c15-14(17-19)11-5-3-10(4-6-11)9-16-13(18)8-12-2-1-7-20-12/h1-7,19H,8-9H2,(H2,15,17)(H,16,18). The summed E-state index contributed by atoms with van der Waals surface area (Å²) in [6, 6.07) is 11.0. The van der Waals surface area contributed by atoms with Gasteiger partial charge in [0.05, 0.1) is 6.42 Å². The molecule has 1 aromatic carbocycles. The number of nitrogens with one attached hydrogen (secondary N) is 1. The molecule has 0 aliphatic heterocycles. The van der Waals surface area contributed by atoms with Crippen molar-refractivity contribution in [2.24, 2.45) is 10.9 Å². The number of amidine groups is 1. The van der Waals surface area contributed by atoms with E-state index in [-0.39, 0.29) is 11.7 Å². The second-order valence-corrected chi connectivity index (χ2v) is 5.25. The van der Waals surface area contributed by atoms with E-state index in [0.717, 1.165) is 10.4 Å². The summed E-state index contributed by atoms with van der Waals surface area (Å²) in [4.78, 5) is 12.8. The van der Waals surface area contributed by atoms with Gasteiger partial charge in [-0.15, -0.1) is 11.3 Å². The maximum absolute atomic E-state index is 11.7. The van der Waals surface area contributed by atoms with Crippen LogP contribution in [0.15, 0.2) is 46.9 Å². The summed E-state index contributed by atoms with van der Waals surface area (Å²) >= 11 is 1.57. The van der Waals surface area contributed by atoms with Gasteiger partial charge in [-0.2, -0.15) is 0 Å². The number of benzene rings is 1. The molecule has 1 amide bonds. The lowest BCUT2D eigenvalue weighted by molar-refractivity contribution is -0.120. The van der Waals surface area contributed by atoms with Crippen LogP contribution in [0.3, 0.4) is 0 Å². The van der Waals surface area contributed by atoms with Crippen molar-refractivity contribution in [1.82, 2.24) is 5.32 Å². The van der Waals surface area contributed by atoms with Gasteiger partial charge in [-0.3, -0.25) is 4.79 Å². The molecule has 0 spiro atoms. The lowest BCUT2D eigenvalue weighted by atomic mass is 10.1. The van der Waals surface area contributed by atoms with Gasteiger partial charge < -0.3 is 16.3 Å². The monoisotopic (exact) mass is 289 g/mol. The van der Waals surface area contributed by atoms with Crippen LogP contribution in [0, 0.1) is 0 Å². The number of nitrogens with two attached hydrogens (primary N) is 1. The number of thiophene rings is 1. The summed E-state index contributed by atoms with van der Waals surface area (Å²) in [5.74, 6) is 0.0613. The highest BCUT2D eigenvalue weighted by Gasteiger charge is 2.04. The van der Waals surface area contributed by atoms with E-state index < -0.39 is 0 Å². The Morgan fingerprint density at radius 2 is 2.05 bits per heavy atom. The number of amides is 1. The third-order valence-corrected chi connectivity index (χ3v) is 3.64. The lowest BCUT2D eigenvalue weighted by Gasteiger charge is -2.05. The molecule has 20 heavy (non-hydrogen) atoms. The van der Waals surface area contributed by atoms with Crippen LogP contribution in [0.1, 0.15) is 16.0 Å². The van der Waals surface area contributed by atoms with Gasteiger partial charge in [-0.1, -0.05) is 35.5 Å². The summed E-state index contributed by atoms with van der Waals surface area (Å²) in [5, 5.41) is 16.3. The fourth-order valence-electron chi connectivity index (χ4n) is 1.69. The van der Waals surface area contributed by atoms with Crippen molar-refractivity contribution < 1.29 is 10.0 Å². The number of carbonyl (C=O) groups is 1. The van der Waals surface area contributed by atoms with Gasteiger partial charge in [0.1, 0.15) is 0 Å². The minimum atomic E-state index is -0.00652. The Hall–Kier alpha value is -2.34.